The second kappa shape index (κ2) is 10.9. The first-order chi connectivity index (χ1) is 14.0. The molecule has 2 aromatic rings. The molecule has 1 aromatic heterocycles. The Morgan fingerprint density at radius 3 is 2.72 bits per heavy atom. The van der Waals surface area contributed by atoms with Crippen molar-refractivity contribution in [3.63, 3.8) is 0 Å². The van der Waals surface area contributed by atoms with Crippen LogP contribution in [0.2, 0.25) is 0 Å². The van der Waals surface area contributed by atoms with Crippen molar-refractivity contribution in [2.45, 2.75) is 19.2 Å². The van der Waals surface area contributed by atoms with Crippen LogP contribution >= 0.6 is 11.3 Å². The van der Waals surface area contributed by atoms with Crippen molar-refractivity contribution in [3.8, 4) is 11.5 Å². The number of β-amino-alcohol motifs (C(OH)–C–C–N with tert-alkyl or cyclic N) is 1. The molecule has 2 heterocycles. The second-order valence-corrected chi connectivity index (χ2v) is 8.62. The number of thiazole rings is 1. The Kier molecular flexibility index (Phi) is 8.26. The van der Waals surface area contributed by atoms with Gasteiger partial charge in [0, 0.05) is 62.5 Å². The van der Waals surface area contributed by atoms with Crippen molar-refractivity contribution in [1.82, 2.24) is 19.7 Å². The number of aromatic nitrogens is 1. The predicted molar refractivity (Wildman–Crippen MR) is 116 cm³/mol. The summed E-state index contributed by atoms with van der Waals surface area (Å²) in [7, 11) is 5.85. The number of hydrogen-bond donors (Lipinski definition) is 1. The fourth-order valence-corrected chi connectivity index (χ4v) is 4.10. The SMILES string of the molecule is COc1ccc(CN(C)Cc2nccs2)c(OC[C@@H](O)CN2CCN(C)CC2)c1. The number of benzene rings is 1. The first-order valence-electron chi connectivity index (χ1n) is 9.99. The molecule has 160 valence electrons. The molecule has 0 bridgehead atoms. The summed E-state index contributed by atoms with van der Waals surface area (Å²) in [4.78, 5) is 11.2. The van der Waals surface area contributed by atoms with E-state index in [9.17, 15) is 5.11 Å². The lowest BCUT2D eigenvalue weighted by molar-refractivity contribution is 0.0500. The first-order valence-corrected chi connectivity index (χ1v) is 10.9. The maximum Gasteiger partial charge on any atom is 0.127 e. The van der Waals surface area contributed by atoms with Gasteiger partial charge in [-0.05, 0) is 20.2 Å². The lowest BCUT2D eigenvalue weighted by Gasteiger charge is -2.33. The van der Waals surface area contributed by atoms with Gasteiger partial charge in [-0.3, -0.25) is 9.80 Å². The lowest BCUT2D eigenvalue weighted by atomic mass is 10.1. The van der Waals surface area contributed by atoms with Crippen LogP contribution in [0.25, 0.3) is 0 Å². The average Bonchev–Trinajstić information content (AvgIpc) is 3.22. The van der Waals surface area contributed by atoms with E-state index in [1.807, 2.05) is 29.8 Å². The highest BCUT2D eigenvalue weighted by Gasteiger charge is 2.18. The van der Waals surface area contributed by atoms with Crippen LogP contribution in [-0.2, 0) is 13.1 Å². The van der Waals surface area contributed by atoms with Crippen LogP contribution in [0.15, 0.2) is 29.8 Å². The molecule has 0 amide bonds. The van der Waals surface area contributed by atoms with E-state index in [0.29, 0.717) is 6.54 Å². The predicted octanol–water partition coefficient (Wildman–Crippen LogP) is 1.77. The summed E-state index contributed by atoms with van der Waals surface area (Å²) in [5.41, 5.74) is 1.07. The van der Waals surface area contributed by atoms with Gasteiger partial charge in [0.1, 0.15) is 29.2 Å². The number of aliphatic hydroxyl groups excluding tert-OH is 1. The number of rotatable bonds is 10. The standard InChI is InChI=1S/C21H32N4O3S/c1-23-7-9-25(10-8-23)14-18(26)16-28-20-12-19(27-3)5-4-17(20)13-24(2)15-21-22-6-11-29-21/h4-6,11-12,18,26H,7-10,13-16H2,1-3H3/t18-/m0/s1. The van der Waals surface area contributed by atoms with Crippen LogP contribution in [-0.4, -0.2) is 91.4 Å². The van der Waals surface area contributed by atoms with E-state index in [0.717, 1.165) is 61.3 Å². The molecule has 1 atom stereocenters. The molecule has 1 aliphatic rings. The minimum atomic E-state index is -0.523. The Morgan fingerprint density at radius 1 is 1.24 bits per heavy atom. The molecule has 3 rings (SSSR count). The summed E-state index contributed by atoms with van der Waals surface area (Å²) in [6.45, 7) is 6.47. The molecule has 1 fully saturated rings. The summed E-state index contributed by atoms with van der Waals surface area (Å²) in [6.07, 6.45) is 1.31. The lowest BCUT2D eigenvalue weighted by Crippen LogP contribution is -2.47. The number of methoxy groups -OCH3 is 1. The maximum absolute atomic E-state index is 10.5. The van der Waals surface area contributed by atoms with E-state index in [1.165, 1.54) is 0 Å². The van der Waals surface area contributed by atoms with Crippen LogP contribution in [0.1, 0.15) is 10.6 Å². The molecule has 0 saturated carbocycles. The molecule has 1 saturated heterocycles. The van der Waals surface area contributed by atoms with Gasteiger partial charge in [-0.25, -0.2) is 4.98 Å². The van der Waals surface area contributed by atoms with Gasteiger partial charge >= 0.3 is 0 Å². The van der Waals surface area contributed by atoms with E-state index < -0.39 is 6.10 Å². The van der Waals surface area contributed by atoms with Crippen LogP contribution in [0, 0.1) is 0 Å². The molecule has 7 nitrogen and oxygen atoms in total. The summed E-state index contributed by atoms with van der Waals surface area (Å²) >= 11 is 1.66. The zero-order chi connectivity index (χ0) is 20.6. The van der Waals surface area contributed by atoms with Gasteiger partial charge < -0.3 is 19.5 Å². The van der Waals surface area contributed by atoms with Gasteiger partial charge in [0.15, 0.2) is 0 Å². The van der Waals surface area contributed by atoms with E-state index in [-0.39, 0.29) is 6.61 Å². The Bertz CT molecular complexity index is 736. The zero-order valence-electron chi connectivity index (χ0n) is 17.6. The monoisotopic (exact) mass is 420 g/mol. The summed E-state index contributed by atoms with van der Waals surface area (Å²) in [5.74, 6) is 1.51. The Hall–Kier alpha value is -1.71. The highest BCUT2D eigenvalue weighted by molar-refractivity contribution is 7.09. The van der Waals surface area contributed by atoms with Gasteiger partial charge in [-0.1, -0.05) is 6.07 Å². The molecule has 0 spiro atoms. The fraction of sp³-hybridized carbons (Fsp3) is 0.571. The molecule has 0 aliphatic carbocycles. The highest BCUT2D eigenvalue weighted by Crippen LogP contribution is 2.26. The van der Waals surface area contributed by atoms with Crippen molar-refractivity contribution < 1.29 is 14.6 Å². The minimum Gasteiger partial charge on any atom is -0.497 e. The average molecular weight is 421 g/mol. The van der Waals surface area contributed by atoms with E-state index in [1.54, 1.807) is 18.4 Å². The molecular formula is C21H32N4O3S. The number of likely N-dealkylation sites (N-methyl/N-ethyl adjacent to an activating group) is 1. The fourth-order valence-electron chi connectivity index (χ4n) is 3.40. The van der Waals surface area contributed by atoms with Gasteiger partial charge in [-0.15, -0.1) is 11.3 Å². The molecule has 29 heavy (non-hydrogen) atoms. The van der Waals surface area contributed by atoms with Crippen LogP contribution in [0.3, 0.4) is 0 Å². The van der Waals surface area contributed by atoms with Gasteiger partial charge in [0.25, 0.3) is 0 Å². The number of nitrogens with zero attached hydrogens (tertiary/aromatic N) is 4. The van der Waals surface area contributed by atoms with E-state index in [2.05, 4.69) is 33.8 Å². The van der Waals surface area contributed by atoms with Gasteiger partial charge in [0.05, 0.1) is 13.7 Å². The molecule has 1 aliphatic heterocycles. The van der Waals surface area contributed by atoms with Gasteiger partial charge in [-0.2, -0.15) is 0 Å². The third kappa shape index (κ3) is 6.94. The summed E-state index contributed by atoms with van der Waals surface area (Å²) in [5, 5.41) is 13.6. The normalized spacial score (nSPS) is 16.9. The molecule has 0 radical (unpaired) electrons. The minimum absolute atomic E-state index is 0.267. The Labute approximate surface area is 177 Å². The topological polar surface area (TPSA) is 61.3 Å². The molecule has 0 unspecified atom stereocenters. The largest absolute Gasteiger partial charge is 0.497 e. The van der Waals surface area contributed by atoms with Crippen molar-refractivity contribution in [3.05, 3.63) is 40.3 Å². The van der Waals surface area contributed by atoms with Crippen LogP contribution in [0.4, 0.5) is 0 Å². The van der Waals surface area contributed by atoms with E-state index in [4.69, 9.17) is 9.47 Å². The summed E-state index contributed by atoms with van der Waals surface area (Å²) < 4.78 is 11.4. The Morgan fingerprint density at radius 2 is 2.03 bits per heavy atom. The smallest absolute Gasteiger partial charge is 0.127 e. The molecule has 1 N–H and O–H groups in total. The van der Waals surface area contributed by atoms with E-state index >= 15 is 0 Å². The summed E-state index contributed by atoms with van der Waals surface area (Å²) in [6, 6.07) is 5.87. The number of aliphatic hydroxyl groups is 1. The van der Waals surface area contributed by atoms with Gasteiger partial charge in [0.2, 0.25) is 0 Å². The molecule has 8 heteroatoms. The van der Waals surface area contributed by atoms with Crippen LogP contribution < -0.4 is 9.47 Å². The maximum atomic E-state index is 10.5. The molecular weight excluding hydrogens is 388 g/mol. The van der Waals surface area contributed by atoms with Crippen molar-refractivity contribution in [2.75, 3.05) is 60.5 Å². The number of hydrogen-bond acceptors (Lipinski definition) is 8. The third-order valence-corrected chi connectivity index (χ3v) is 5.86. The third-order valence-electron chi connectivity index (χ3n) is 5.10. The van der Waals surface area contributed by atoms with Crippen molar-refractivity contribution >= 4 is 11.3 Å². The zero-order valence-corrected chi connectivity index (χ0v) is 18.4. The first kappa shape index (κ1) is 22.0. The Balaban J connectivity index is 1.56. The highest BCUT2D eigenvalue weighted by atomic mass is 32.1. The van der Waals surface area contributed by atoms with Crippen molar-refractivity contribution in [2.24, 2.45) is 0 Å². The number of piperazine rings is 1. The van der Waals surface area contributed by atoms with Crippen molar-refractivity contribution in [1.29, 1.82) is 0 Å². The molecule has 1 aromatic carbocycles. The second-order valence-electron chi connectivity index (χ2n) is 7.64. The van der Waals surface area contributed by atoms with Crippen LogP contribution in [0.5, 0.6) is 11.5 Å². The quantitative estimate of drug-likeness (QED) is 0.629. The number of ether oxygens (including phenoxy) is 2.